The highest BCUT2D eigenvalue weighted by Crippen LogP contribution is 2.23. The van der Waals surface area contributed by atoms with E-state index < -0.39 is 0 Å². The van der Waals surface area contributed by atoms with Gasteiger partial charge in [-0.2, -0.15) is 0 Å². The van der Waals surface area contributed by atoms with Crippen molar-refractivity contribution in [2.75, 3.05) is 19.7 Å². The van der Waals surface area contributed by atoms with Crippen molar-refractivity contribution in [3.05, 3.63) is 32.4 Å². The van der Waals surface area contributed by atoms with Gasteiger partial charge in [-0.15, -0.1) is 0 Å². The van der Waals surface area contributed by atoms with Gasteiger partial charge in [-0.05, 0) is 40.3 Å². The van der Waals surface area contributed by atoms with Crippen molar-refractivity contribution in [2.45, 2.75) is 6.54 Å². The highest BCUT2D eigenvalue weighted by molar-refractivity contribution is 14.1. The first-order chi connectivity index (χ1) is 7.19. The minimum absolute atomic E-state index is 0.309. The van der Waals surface area contributed by atoms with Gasteiger partial charge >= 0.3 is 0 Å². The largest absolute Gasteiger partial charge is 0.396 e. The lowest BCUT2D eigenvalue weighted by atomic mass is 10.0. The molecule has 0 atom stereocenters. The predicted molar refractivity (Wildman–Crippen MR) is 70.0 cm³/mol. The predicted octanol–water partition coefficient (Wildman–Crippen LogP) is 2.37. The van der Waals surface area contributed by atoms with Gasteiger partial charge in [0.1, 0.15) is 0 Å². The molecular formula is C11H13ClINO. The molecule has 1 heterocycles. The summed E-state index contributed by atoms with van der Waals surface area (Å²) >= 11 is 8.28. The number of nitrogens with zero attached hydrogens (tertiary/aromatic N) is 1. The summed E-state index contributed by atoms with van der Waals surface area (Å²) in [4.78, 5) is 2.32. The second-order valence-corrected chi connectivity index (χ2v) is 5.56. The average Bonchev–Trinajstić information content (AvgIpc) is 2.16. The van der Waals surface area contributed by atoms with Gasteiger partial charge in [-0.1, -0.05) is 17.7 Å². The zero-order valence-corrected chi connectivity index (χ0v) is 11.2. The molecule has 1 aromatic rings. The fourth-order valence-electron chi connectivity index (χ4n) is 1.82. The molecule has 0 bridgehead atoms. The van der Waals surface area contributed by atoms with E-state index in [0.717, 1.165) is 28.2 Å². The van der Waals surface area contributed by atoms with E-state index in [1.54, 1.807) is 0 Å². The lowest BCUT2D eigenvalue weighted by Gasteiger charge is -2.38. The van der Waals surface area contributed by atoms with Crippen molar-refractivity contribution in [3.8, 4) is 0 Å². The lowest BCUT2D eigenvalue weighted by Crippen LogP contribution is -2.47. The molecule has 4 heteroatoms. The summed E-state index contributed by atoms with van der Waals surface area (Å²) in [6.07, 6.45) is 0. The Bertz CT molecular complexity index is 352. The Labute approximate surface area is 108 Å². The topological polar surface area (TPSA) is 23.5 Å². The van der Waals surface area contributed by atoms with Crippen LogP contribution in [0.3, 0.4) is 0 Å². The third-order valence-electron chi connectivity index (χ3n) is 2.68. The van der Waals surface area contributed by atoms with Crippen LogP contribution in [0.25, 0.3) is 0 Å². The van der Waals surface area contributed by atoms with E-state index in [1.165, 1.54) is 5.56 Å². The Morgan fingerprint density at radius 3 is 2.80 bits per heavy atom. The molecule has 1 saturated heterocycles. The first-order valence-electron chi connectivity index (χ1n) is 4.96. The van der Waals surface area contributed by atoms with E-state index in [0.29, 0.717) is 12.5 Å². The van der Waals surface area contributed by atoms with Crippen molar-refractivity contribution in [3.63, 3.8) is 0 Å². The molecule has 0 aliphatic carbocycles. The maximum Gasteiger partial charge on any atom is 0.0542 e. The molecule has 1 aliphatic rings. The molecule has 15 heavy (non-hydrogen) atoms. The van der Waals surface area contributed by atoms with Crippen LogP contribution in [0.5, 0.6) is 0 Å². The summed E-state index contributed by atoms with van der Waals surface area (Å²) in [5, 5.41) is 9.73. The van der Waals surface area contributed by atoms with Gasteiger partial charge in [0.2, 0.25) is 0 Å². The summed E-state index contributed by atoms with van der Waals surface area (Å²) in [6, 6.07) is 6.18. The van der Waals surface area contributed by atoms with Gasteiger partial charge in [-0.25, -0.2) is 0 Å². The van der Waals surface area contributed by atoms with Crippen LogP contribution in [0.4, 0.5) is 0 Å². The van der Waals surface area contributed by atoms with Crippen LogP contribution >= 0.6 is 34.2 Å². The van der Waals surface area contributed by atoms with E-state index in [2.05, 4.69) is 33.6 Å². The van der Waals surface area contributed by atoms with E-state index in [9.17, 15) is 0 Å². The van der Waals surface area contributed by atoms with E-state index >= 15 is 0 Å². The van der Waals surface area contributed by atoms with Gasteiger partial charge < -0.3 is 5.11 Å². The Morgan fingerprint density at radius 1 is 1.47 bits per heavy atom. The quantitative estimate of drug-likeness (QED) is 0.856. The summed E-state index contributed by atoms with van der Waals surface area (Å²) in [6.45, 7) is 3.25. The van der Waals surface area contributed by atoms with Crippen LogP contribution in [0.15, 0.2) is 18.2 Å². The lowest BCUT2D eigenvalue weighted by molar-refractivity contribution is 0.0479. The first kappa shape index (κ1) is 11.6. The molecule has 0 saturated carbocycles. The summed E-state index contributed by atoms with van der Waals surface area (Å²) in [7, 11) is 0. The monoisotopic (exact) mass is 337 g/mol. The van der Waals surface area contributed by atoms with Crippen molar-refractivity contribution in [2.24, 2.45) is 5.92 Å². The van der Waals surface area contributed by atoms with E-state index in [4.69, 9.17) is 16.7 Å². The fourth-order valence-corrected chi connectivity index (χ4v) is 2.36. The van der Waals surface area contributed by atoms with Gasteiger partial charge in [0, 0.05) is 35.7 Å². The van der Waals surface area contributed by atoms with Crippen LogP contribution in [0.1, 0.15) is 5.56 Å². The molecule has 0 spiro atoms. The van der Waals surface area contributed by atoms with Crippen molar-refractivity contribution >= 4 is 34.2 Å². The maximum atomic E-state index is 8.90. The minimum atomic E-state index is 0.309. The molecule has 1 N–H and O–H groups in total. The molecule has 2 rings (SSSR count). The summed E-state index contributed by atoms with van der Waals surface area (Å²) in [5.74, 6) is 0.476. The van der Waals surface area contributed by atoms with Gasteiger partial charge in [0.05, 0.1) is 5.02 Å². The molecule has 0 radical (unpaired) electrons. The number of rotatable bonds is 3. The van der Waals surface area contributed by atoms with Crippen LogP contribution < -0.4 is 0 Å². The third kappa shape index (κ3) is 2.84. The van der Waals surface area contributed by atoms with Gasteiger partial charge in [0.25, 0.3) is 0 Å². The highest BCUT2D eigenvalue weighted by atomic mass is 127. The fraction of sp³-hybridized carbons (Fsp3) is 0.455. The number of benzene rings is 1. The molecular weight excluding hydrogens is 324 g/mol. The maximum absolute atomic E-state index is 8.90. The van der Waals surface area contributed by atoms with Crippen LogP contribution in [0, 0.1) is 9.49 Å². The molecule has 1 aromatic carbocycles. The molecule has 1 fully saturated rings. The third-order valence-corrected chi connectivity index (χ3v) is 4.25. The summed E-state index contributed by atoms with van der Waals surface area (Å²) < 4.78 is 1.09. The zero-order valence-electron chi connectivity index (χ0n) is 8.29. The standard InChI is InChI=1S/C11H13ClINO/c12-10-3-8(1-2-11(10)13)4-14-5-9(6-14)7-15/h1-3,9,15H,4-7H2. The van der Waals surface area contributed by atoms with Crippen LogP contribution in [-0.2, 0) is 6.54 Å². The van der Waals surface area contributed by atoms with Gasteiger partial charge in [-0.3, -0.25) is 4.90 Å². The number of aliphatic hydroxyl groups is 1. The molecule has 0 amide bonds. The second kappa shape index (κ2) is 4.99. The Kier molecular flexibility index (Phi) is 3.88. The zero-order chi connectivity index (χ0) is 10.8. The average molecular weight is 338 g/mol. The van der Waals surface area contributed by atoms with Crippen LogP contribution in [-0.4, -0.2) is 29.7 Å². The van der Waals surface area contributed by atoms with E-state index in [-0.39, 0.29) is 0 Å². The molecule has 0 aromatic heterocycles. The van der Waals surface area contributed by atoms with E-state index in [1.807, 2.05) is 12.1 Å². The Morgan fingerprint density at radius 2 is 2.20 bits per heavy atom. The minimum Gasteiger partial charge on any atom is -0.396 e. The van der Waals surface area contributed by atoms with Crippen molar-refractivity contribution < 1.29 is 5.11 Å². The number of likely N-dealkylation sites (tertiary alicyclic amines) is 1. The molecule has 82 valence electrons. The van der Waals surface area contributed by atoms with Gasteiger partial charge in [0.15, 0.2) is 0 Å². The Hall–Kier alpha value is 0.160. The molecule has 1 aliphatic heterocycles. The second-order valence-electron chi connectivity index (χ2n) is 3.99. The SMILES string of the molecule is OCC1CN(Cc2ccc(I)c(Cl)c2)C1. The number of hydrogen-bond donors (Lipinski definition) is 1. The van der Waals surface area contributed by atoms with Crippen LogP contribution in [0.2, 0.25) is 5.02 Å². The molecule has 0 unspecified atom stereocenters. The normalized spacial score (nSPS) is 17.8. The first-order valence-corrected chi connectivity index (χ1v) is 6.42. The summed E-state index contributed by atoms with van der Waals surface area (Å²) in [5.41, 5.74) is 1.25. The number of halogens is 2. The van der Waals surface area contributed by atoms with Crippen molar-refractivity contribution in [1.82, 2.24) is 4.90 Å². The highest BCUT2D eigenvalue weighted by Gasteiger charge is 2.25. The smallest absolute Gasteiger partial charge is 0.0542 e. The van der Waals surface area contributed by atoms with Crippen molar-refractivity contribution in [1.29, 1.82) is 0 Å². The molecule has 2 nitrogen and oxygen atoms in total. The Balaban J connectivity index is 1.92. The number of aliphatic hydroxyl groups excluding tert-OH is 1. The number of hydrogen-bond acceptors (Lipinski definition) is 2.